The first-order valence-electron chi connectivity index (χ1n) is 11.9. The molecule has 0 unspecified atom stereocenters. The fraction of sp³-hybridized carbons (Fsp3) is 0.680. The van der Waals surface area contributed by atoms with E-state index < -0.39 is 0 Å². The zero-order valence-electron chi connectivity index (χ0n) is 19.3. The van der Waals surface area contributed by atoms with Crippen LogP contribution in [0, 0.1) is 17.3 Å². The Morgan fingerprint density at radius 3 is 2.68 bits per heavy atom. The van der Waals surface area contributed by atoms with Crippen molar-refractivity contribution in [3.8, 4) is 0 Å². The van der Waals surface area contributed by atoms with E-state index in [0.717, 1.165) is 65.0 Å². The van der Waals surface area contributed by atoms with Crippen LogP contribution in [0.4, 0.5) is 0 Å². The monoisotopic (exact) mass is 426 g/mol. The Balaban J connectivity index is 1.21. The van der Waals surface area contributed by atoms with E-state index in [-0.39, 0.29) is 29.2 Å². The quantitative estimate of drug-likeness (QED) is 0.625. The lowest BCUT2D eigenvalue weighted by Crippen LogP contribution is -2.43. The molecule has 1 saturated carbocycles. The average Bonchev–Trinajstić information content (AvgIpc) is 3.35. The van der Waals surface area contributed by atoms with Crippen molar-refractivity contribution in [2.24, 2.45) is 17.3 Å². The predicted octanol–water partition coefficient (Wildman–Crippen LogP) is 2.03. The van der Waals surface area contributed by atoms with Gasteiger partial charge < -0.3 is 10.6 Å². The van der Waals surface area contributed by atoms with Crippen LogP contribution in [-0.4, -0.2) is 67.4 Å². The Kier molecular flexibility index (Phi) is 6.68. The van der Waals surface area contributed by atoms with Crippen LogP contribution in [0.15, 0.2) is 24.3 Å². The van der Waals surface area contributed by atoms with Gasteiger partial charge in [-0.1, -0.05) is 38.1 Å². The molecule has 170 valence electrons. The minimum atomic E-state index is -0.0906. The van der Waals surface area contributed by atoms with Crippen LogP contribution in [0.25, 0.3) is 0 Å². The summed E-state index contributed by atoms with van der Waals surface area (Å²) in [5.41, 5.74) is 2.92. The average molecular weight is 427 g/mol. The van der Waals surface area contributed by atoms with Crippen LogP contribution in [0.2, 0.25) is 0 Å². The van der Waals surface area contributed by atoms with E-state index in [2.05, 4.69) is 58.5 Å². The minimum absolute atomic E-state index is 0.00668. The molecule has 2 N–H and O–H groups in total. The Morgan fingerprint density at radius 2 is 1.94 bits per heavy atom. The van der Waals surface area contributed by atoms with Gasteiger partial charge in [0.15, 0.2) is 0 Å². The highest BCUT2D eigenvalue weighted by Crippen LogP contribution is 2.60. The van der Waals surface area contributed by atoms with E-state index in [4.69, 9.17) is 0 Å². The van der Waals surface area contributed by atoms with Crippen molar-refractivity contribution < 1.29 is 9.59 Å². The lowest BCUT2D eigenvalue weighted by molar-refractivity contribution is -0.125. The molecule has 0 bridgehead atoms. The van der Waals surface area contributed by atoms with Gasteiger partial charge in [-0.2, -0.15) is 0 Å². The molecule has 3 atom stereocenters. The van der Waals surface area contributed by atoms with Crippen LogP contribution in [-0.2, 0) is 22.6 Å². The number of carbonyl (C=O) groups excluding carboxylic acids is 2. The second-order valence-electron chi connectivity index (χ2n) is 10.2. The minimum Gasteiger partial charge on any atom is -0.358 e. The summed E-state index contributed by atoms with van der Waals surface area (Å²) in [7, 11) is 1.71. The number of hydrogen-bond donors (Lipinski definition) is 2. The molecular formula is C25H38N4O2. The summed E-state index contributed by atoms with van der Waals surface area (Å²) in [6.07, 6.45) is 3.83. The number of amides is 2. The first kappa shape index (κ1) is 22.3. The van der Waals surface area contributed by atoms with Crippen molar-refractivity contribution in [1.82, 2.24) is 20.4 Å². The van der Waals surface area contributed by atoms with Crippen molar-refractivity contribution in [1.29, 1.82) is 0 Å². The van der Waals surface area contributed by atoms with Gasteiger partial charge in [0.1, 0.15) is 0 Å². The Hall–Kier alpha value is -1.92. The second kappa shape index (κ2) is 9.29. The fourth-order valence-corrected chi connectivity index (χ4v) is 5.68. The summed E-state index contributed by atoms with van der Waals surface area (Å²) in [6, 6.07) is 8.61. The maximum Gasteiger partial charge on any atom is 0.237 e. The van der Waals surface area contributed by atoms with Gasteiger partial charge in [0.2, 0.25) is 11.8 Å². The highest BCUT2D eigenvalue weighted by molar-refractivity contribution is 5.85. The summed E-state index contributed by atoms with van der Waals surface area (Å²) in [5.74, 6) is 0.853. The molecule has 6 heteroatoms. The number of likely N-dealkylation sites (tertiary alicyclic amines) is 1. The van der Waals surface area contributed by atoms with E-state index >= 15 is 0 Å². The number of likely N-dealkylation sites (N-methyl/N-ethyl adjacent to an activating group) is 1. The third kappa shape index (κ3) is 4.96. The SMILES string of the molecule is CNC(=O)[C@@H]1C[C@@]2(C[C@@H]2C(=O)NCCCN2CCc3ccccc3C2)CN1CC(C)C. The van der Waals surface area contributed by atoms with Gasteiger partial charge in [-0.25, -0.2) is 0 Å². The third-order valence-corrected chi connectivity index (χ3v) is 7.37. The number of nitrogens with zero attached hydrogens (tertiary/aromatic N) is 2. The van der Waals surface area contributed by atoms with Gasteiger partial charge in [0, 0.05) is 52.2 Å². The molecule has 2 aliphatic heterocycles. The molecule has 4 rings (SSSR count). The summed E-state index contributed by atoms with van der Waals surface area (Å²) >= 11 is 0. The lowest BCUT2D eigenvalue weighted by Gasteiger charge is -2.28. The molecule has 1 saturated heterocycles. The summed E-state index contributed by atoms with van der Waals surface area (Å²) in [6.45, 7) is 10.0. The molecule has 1 aromatic rings. The zero-order chi connectivity index (χ0) is 22.0. The van der Waals surface area contributed by atoms with Gasteiger partial charge in [-0.05, 0) is 48.1 Å². The molecule has 2 amide bonds. The largest absolute Gasteiger partial charge is 0.358 e. The first-order valence-corrected chi connectivity index (χ1v) is 11.9. The van der Waals surface area contributed by atoms with Crippen molar-refractivity contribution in [3.63, 3.8) is 0 Å². The second-order valence-corrected chi connectivity index (χ2v) is 10.2. The van der Waals surface area contributed by atoms with Gasteiger partial charge >= 0.3 is 0 Å². The van der Waals surface area contributed by atoms with Gasteiger partial charge in [0.25, 0.3) is 0 Å². The topological polar surface area (TPSA) is 64.7 Å². The van der Waals surface area contributed by atoms with Crippen LogP contribution >= 0.6 is 0 Å². The summed E-state index contributed by atoms with van der Waals surface area (Å²) in [5, 5.41) is 6.00. The van der Waals surface area contributed by atoms with Gasteiger partial charge in [-0.15, -0.1) is 0 Å². The standard InChI is InChI=1S/C25H38N4O2/c1-18(2)15-29-17-25(14-22(29)24(31)26-3)13-21(25)23(30)27-10-6-11-28-12-9-19-7-4-5-8-20(19)16-28/h4-5,7-8,18,21-22H,6,9-17H2,1-3H3,(H,26,31)(H,27,30)/t21-,22+,25+/m1/s1. The van der Waals surface area contributed by atoms with Crippen LogP contribution in [0.3, 0.4) is 0 Å². The molecule has 2 heterocycles. The highest BCUT2D eigenvalue weighted by Gasteiger charge is 2.63. The van der Waals surface area contributed by atoms with E-state index in [1.807, 2.05) is 0 Å². The summed E-state index contributed by atoms with van der Waals surface area (Å²) < 4.78 is 0. The fourth-order valence-electron chi connectivity index (χ4n) is 5.68. The molecule has 6 nitrogen and oxygen atoms in total. The van der Waals surface area contributed by atoms with E-state index in [9.17, 15) is 9.59 Å². The molecule has 3 aliphatic rings. The number of hydrogen-bond acceptors (Lipinski definition) is 4. The molecule has 1 aliphatic carbocycles. The molecule has 0 aromatic heterocycles. The molecule has 1 aromatic carbocycles. The third-order valence-electron chi connectivity index (χ3n) is 7.37. The Labute approximate surface area is 186 Å². The number of nitrogens with one attached hydrogen (secondary N) is 2. The normalized spacial score (nSPS) is 28.0. The maximum atomic E-state index is 12.8. The number of benzene rings is 1. The zero-order valence-corrected chi connectivity index (χ0v) is 19.3. The maximum absolute atomic E-state index is 12.8. The molecule has 0 radical (unpaired) electrons. The van der Waals surface area contributed by atoms with Gasteiger partial charge in [-0.3, -0.25) is 19.4 Å². The van der Waals surface area contributed by atoms with Crippen molar-refractivity contribution in [2.75, 3.05) is 39.8 Å². The Morgan fingerprint density at radius 1 is 1.16 bits per heavy atom. The molecule has 1 spiro atoms. The number of fused-ring (bicyclic) bond motifs is 1. The van der Waals surface area contributed by atoms with Crippen molar-refractivity contribution >= 4 is 11.8 Å². The molecule has 31 heavy (non-hydrogen) atoms. The van der Waals surface area contributed by atoms with Crippen LogP contribution in [0.1, 0.15) is 44.2 Å². The molecular weight excluding hydrogens is 388 g/mol. The predicted molar refractivity (Wildman–Crippen MR) is 122 cm³/mol. The van der Waals surface area contributed by atoms with Crippen molar-refractivity contribution in [2.45, 2.75) is 52.1 Å². The van der Waals surface area contributed by atoms with Crippen LogP contribution < -0.4 is 10.6 Å². The smallest absolute Gasteiger partial charge is 0.237 e. The van der Waals surface area contributed by atoms with Crippen molar-refractivity contribution in [3.05, 3.63) is 35.4 Å². The summed E-state index contributed by atoms with van der Waals surface area (Å²) in [4.78, 5) is 30.0. The first-order chi connectivity index (χ1) is 14.9. The van der Waals surface area contributed by atoms with Crippen LogP contribution in [0.5, 0.6) is 0 Å². The lowest BCUT2D eigenvalue weighted by atomic mass is 9.99. The number of carbonyl (C=O) groups is 2. The van der Waals surface area contributed by atoms with E-state index in [1.165, 1.54) is 11.1 Å². The molecule has 2 fully saturated rings. The van der Waals surface area contributed by atoms with E-state index in [1.54, 1.807) is 7.05 Å². The van der Waals surface area contributed by atoms with E-state index in [0.29, 0.717) is 5.92 Å². The number of rotatable bonds is 8. The highest BCUT2D eigenvalue weighted by atomic mass is 16.2. The Bertz CT molecular complexity index is 810. The van der Waals surface area contributed by atoms with Gasteiger partial charge in [0.05, 0.1) is 6.04 Å².